The van der Waals surface area contributed by atoms with Crippen molar-refractivity contribution >= 4 is 21.9 Å². The minimum Gasteiger partial charge on any atom is -0.423 e. The van der Waals surface area contributed by atoms with E-state index in [9.17, 15) is 4.79 Å². The molecule has 3 heteroatoms. The van der Waals surface area contributed by atoms with E-state index in [0.29, 0.717) is 11.3 Å². The fraction of sp³-hybridized carbons (Fsp3) is 0.188. The summed E-state index contributed by atoms with van der Waals surface area (Å²) in [5, 5.41) is 0. The summed E-state index contributed by atoms with van der Waals surface area (Å²) in [7, 11) is 0. The second kappa shape index (κ2) is 5.17. The van der Waals surface area contributed by atoms with Crippen molar-refractivity contribution in [2.75, 3.05) is 0 Å². The third kappa shape index (κ3) is 2.71. The number of esters is 1. The van der Waals surface area contributed by atoms with Gasteiger partial charge in [-0.1, -0.05) is 22.0 Å². The van der Waals surface area contributed by atoms with Crippen LogP contribution in [0.1, 0.15) is 27.9 Å². The highest BCUT2D eigenvalue weighted by Crippen LogP contribution is 2.26. The standard InChI is InChI=1S/C16H13BrO2/c17-14-7-4-12(5-8-14)16(18)19-15-9-6-11-2-1-3-13(11)10-15/h4-10H,1-3H2. The molecule has 96 valence electrons. The molecule has 0 N–H and O–H groups in total. The highest BCUT2D eigenvalue weighted by molar-refractivity contribution is 9.10. The number of ether oxygens (including phenoxy) is 1. The second-order valence-electron chi connectivity index (χ2n) is 4.68. The van der Waals surface area contributed by atoms with Crippen molar-refractivity contribution < 1.29 is 9.53 Å². The first-order chi connectivity index (χ1) is 9.22. The van der Waals surface area contributed by atoms with Gasteiger partial charge in [0.2, 0.25) is 0 Å². The van der Waals surface area contributed by atoms with Gasteiger partial charge in [0, 0.05) is 4.47 Å². The monoisotopic (exact) mass is 316 g/mol. The van der Waals surface area contributed by atoms with Crippen LogP contribution >= 0.6 is 15.9 Å². The molecule has 1 aliphatic carbocycles. The van der Waals surface area contributed by atoms with Crippen LogP contribution in [0.2, 0.25) is 0 Å². The molecule has 0 radical (unpaired) electrons. The van der Waals surface area contributed by atoms with Crippen molar-refractivity contribution in [3.63, 3.8) is 0 Å². The molecule has 0 atom stereocenters. The maximum atomic E-state index is 12.0. The van der Waals surface area contributed by atoms with Crippen molar-refractivity contribution in [2.24, 2.45) is 0 Å². The van der Waals surface area contributed by atoms with Gasteiger partial charge in [-0.3, -0.25) is 0 Å². The van der Waals surface area contributed by atoms with Crippen LogP contribution < -0.4 is 4.74 Å². The number of hydrogen-bond acceptors (Lipinski definition) is 2. The molecule has 0 fully saturated rings. The topological polar surface area (TPSA) is 26.3 Å². The number of carbonyl (C=O) groups is 1. The lowest BCUT2D eigenvalue weighted by Crippen LogP contribution is -2.08. The fourth-order valence-electron chi connectivity index (χ4n) is 2.36. The Kier molecular flexibility index (Phi) is 3.38. The van der Waals surface area contributed by atoms with E-state index in [0.717, 1.165) is 17.3 Å². The molecule has 2 aromatic rings. The fourth-order valence-corrected chi connectivity index (χ4v) is 2.63. The van der Waals surface area contributed by atoms with E-state index in [4.69, 9.17) is 4.74 Å². The lowest BCUT2D eigenvalue weighted by Gasteiger charge is -2.06. The number of carbonyl (C=O) groups excluding carboxylic acids is 1. The number of hydrogen-bond donors (Lipinski definition) is 0. The Morgan fingerprint density at radius 3 is 2.53 bits per heavy atom. The maximum Gasteiger partial charge on any atom is 0.343 e. The van der Waals surface area contributed by atoms with E-state index in [2.05, 4.69) is 22.0 Å². The zero-order chi connectivity index (χ0) is 13.2. The first-order valence-corrected chi connectivity index (χ1v) is 7.11. The number of benzene rings is 2. The summed E-state index contributed by atoms with van der Waals surface area (Å²) in [6.07, 6.45) is 3.41. The third-order valence-electron chi connectivity index (χ3n) is 3.36. The Labute approximate surface area is 120 Å². The largest absolute Gasteiger partial charge is 0.423 e. The lowest BCUT2D eigenvalue weighted by atomic mass is 10.1. The molecular formula is C16H13BrO2. The number of rotatable bonds is 2. The molecule has 0 unspecified atom stereocenters. The van der Waals surface area contributed by atoms with Gasteiger partial charge in [0.1, 0.15) is 5.75 Å². The van der Waals surface area contributed by atoms with Gasteiger partial charge >= 0.3 is 5.97 Å². The van der Waals surface area contributed by atoms with Crippen LogP contribution in [0, 0.1) is 0 Å². The van der Waals surface area contributed by atoms with E-state index >= 15 is 0 Å². The molecule has 0 saturated heterocycles. The van der Waals surface area contributed by atoms with Gasteiger partial charge in [0.25, 0.3) is 0 Å². The molecule has 0 spiro atoms. The van der Waals surface area contributed by atoms with Gasteiger partial charge < -0.3 is 4.74 Å². The van der Waals surface area contributed by atoms with Crippen molar-refractivity contribution in [1.29, 1.82) is 0 Å². The molecule has 0 aromatic heterocycles. The van der Waals surface area contributed by atoms with E-state index in [1.54, 1.807) is 12.1 Å². The molecule has 0 saturated carbocycles. The minimum absolute atomic E-state index is 0.314. The van der Waals surface area contributed by atoms with Crippen LogP contribution in [0.4, 0.5) is 0 Å². The Morgan fingerprint density at radius 2 is 1.74 bits per heavy atom. The molecule has 1 aliphatic rings. The number of halogens is 1. The summed E-state index contributed by atoms with van der Waals surface area (Å²) in [5.74, 6) is 0.319. The van der Waals surface area contributed by atoms with Crippen LogP contribution in [0.5, 0.6) is 5.75 Å². The van der Waals surface area contributed by atoms with Crippen LogP contribution in [-0.2, 0) is 12.8 Å². The van der Waals surface area contributed by atoms with Gasteiger partial charge in [0.05, 0.1) is 5.56 Å². The second-order valence-corrected chi connectivity index (χ2v) is 5.60. The molecule has 0 amide bonds. The smallest absolute Gasteiger partial charge is 0.343 e. The van der Waals surface area contributed by atoms with Gasteiger partial charge in [-0.25, -0.2) is 4.79 Å². The van der Waals surface area contributed by atoms with Crippen LogP contribution in [0.25, 0.3) is 0 Å². The Balaban J connectivity index is 1.77. The van der Waals surface area contributed by atoms with E-state index in [-0.39, 0.29) is 5.97 Å². The van der Waals surface area contributed by atoms with Crippen molar-refractivity contribution in [3.05, 3.63) is 63.6 Å². The summed E-state index contributed by atoms with van der Waals surface area (Å²) in [5.41, 5.74) is 3.24. The summed E-state index contributed by atoms with van der Waals surface area (Å²) >= 11 is 3.34. The first kappa shape index (κ1) is 12.4. The molecule has 2 aromatic carbocycles. The Bertz CT molecular complexity index is 617. The van der Waals surface area contributed by atoms with Gasteiger partial charge in [-0.05, 0) is 66.8 Å². The SMILES string of the molecule is O=C(Oc1ccc2c(c1)CCC2)c1ccc(Br)cc1. The highest BCUT2D eigenvalue weighted by Gasteiger charge is 2.13. The summed E-state index contributed by atoms with van der Waals surface area (Å²) < 4.78 is 6.36. The Morgan fingerprint density at radius 1 is 1.00 bits per heavy atom. The zero-order valence-electron chi connectivity index (χ0n) is 10.4. The molecule has 0 bridgehead atoms. The van der Waals surface area contributed by atoms with Gasteiger partial charge in [-0.15, -0.1) is 0 Å². The lowest BCUT2D eigenvalue weighted by molar-refractivity contribution is 0.0734. The molecular weight excluding hydrogens is 304 g/mol. The van der Waals surface area contributed by atoms with Gasteiger partial charge in [0.15, 0.2) is 0 Å². The molecule has 19 heavy (non-hydrogen) atoms. The van der Waals surface area contributed by atoms with Gasteiger partial charge in [-0.2, -0.15) is 0 Å². The predicted octanol–water partition coefficient (Wildman–Crippen LogP) is 4.16. The molecule has 0 heterocycles. The average Bonchev–Trinajstić information content (AvgIpc) is 2.87. The molecule has 0 aliphatic heterocycles. The summed E-state index contributed by atoms with van der Waals surface area (Å²) in [4.78, 5) is 12.0. The molecule has 2 nitrogen and oxygen atoms in total. The number of fused-ring (bicyclic) bond motifs is 1. The summed E-state index contributed by atoms with van der Waals surface area (Å²) in [6, 6.07) is 13.1. The van der Waals surface area contributed by atoms with E-state index in [1.807, 2.05) is 24.3 Å². The minimum atomic E-state index is -0.314. The molecule has 3 rings (SSSR count). The highest BCUT2D eigenvalue weighted by atomic mass is 79.9. The first-order valence-electron chi connectivity index (χ1n) is 6.32. The quantitative estimate of drug-likeness (QED) is 0.614. The average molecular weight is 317 g/mol. The number of aryl methyl sites for hydroxylation is 2. The van der Waals surface area contributed by atoms with Crippen LogP contribution in [0.3, 0.4) is 0 Å². The predicted molar refractivity (Wildman–Crippen MR) is 77.6 cm³/mol. The third-order valence-corrected chi connectivity index (χ3v) is 3.89. The normalized spacial score (nSPS) is 13.1. The Hall–Kier alpha value is -1.61. The summed E-state index contributed by atoms with van der Waals surface area (Å²) in [6.45, 7) is 0. The van der Waals surface area contributed by atoms with E-state index in [1.165, 1.54) is 17.5 Å². The maximum absolute atomic E-state index is 12.0. The van der Waals surface area contributed by atoms with E-state index < -0.39 is 0 Å². The van der Waals surface area contributed by atoms with Crippen molar-refractivity contribution in [1.82, 2.24) is 0 Å². The zero-order valence-corrected chi connectivity index (χ0v) is 11.9. The van der Waals surface area contributed by atoms with Crippen LogP contribution in [-0.4, -0.2) is 5.97 Å². The van der Waals surface area contributed by atoms with Crippen LogP contribution in [0.15, 0.2) is 46.9 Å². The van der Waals surface area contributed by atoms with Crippen molar-refractivity contribution in [3.8, 4) is 5.75 Å². The van der Waals surface area contributed by atoms with Crippen molar-refractivity contribution in [2.45, 2.75) is 19.3 Å².